The second-order valence-corrected chi connectivity index (χ2v) is 7.82. The van der Waals surface area contributed by atoms with E-state index in [0.29, 0.717) is 25.3 Å². The summed E-state index contributed by atoms with van der Waals surface area (Å²) in [6, 6.07) is 13.2. The second kappa shape index (κ2) is 6.35. The number of pyridine rings is 1. The maximum Gasteiger partial charge on any atom is 0.271 e. The summed E-state index contributed by atoms with van der Waals surface area (Å²) in [7, 11) is 0. The number of carbonyl (C=O) groups excluding carboxylic acids is 2. The molecule has 0 spiro atoms. The van der Waals surface area contributed by atoms with Crippen molar-refractivity contribution < 1.29 is 9.59 Å². The average Bonchev–Trinajstić information content (AvgIpc) is 3.45. The van der Waals surface area contributed by atoms with Crippen molar-refractivity contribution in [2.75, 3.05) is 13.1 Å². The highest BCUT2D eigenvalue weighted by atomic mass is 32.1. The summed E-state index contributed by atoms with van der Waals surface area (Å²) >= 11 is 1.45. The summed E-state index contributed by atoms with van der Waals surface area (Å²) in [5, 5.41) is 1.91. The maximum atomic E-state index is 13.1. The highest BCUT2D eigenvalue weighted by molar-refractivity contribution is 7.12. The zero-order chi connectivity index (χ0) is 18.4. The molecule has 1 saturated heterocycles. The molecule has 136 valence electrons. The van der Waals surface area contributed by atoms with Gasteiger partial charge in [-0.15, -0.1) is 11.3 Å². The predicted molar refractivity (Wildman–Crippen MR) is 102 cm³/mol. The lowest BCUT2D eigenvalue weighted by Crippen LogP contribution is -2.50. The van der Waals surface area contributed by atoms with Crippen LogP contribution in [0.15, 0.2) is 60.2 Å². The molecule has 2 aliphatic rings. The number of amides is 2. The Morgan fingerprint density at radius 2 is 2.00 bits per heavy atom. The van der Waals surface area contributed by atoms with Gasteiger partial charge in [0.2, 0.25) is 0 Å². The Balaban J connectivity index is 1.48. The van der Waals surface area contributed by atoms with Crippen LogP contribution in [-0.2, 0) is 6.54 Å². The van der Waals surface area contributed by atoms with Crippen LogP contribution in [-0.4, -0.2) is 50.3 Å². The molecule has 0 N–H and O–H groups in total. The molecule has 1 fully saturated rings. The Labute approximate surface area is 160 Å². The van der Waals surface area contributed by atoms with Crippen molar-refractivity contribution in [3.05, 3.63) is 76.5 Å². The van der Waals surface area contributed by atoms with Gasteiger partial charge in [-0.1, -0.05) is 12.1 Å². The molecule has 5 rings (SSSR count). The molecule has 27 heavy (non-hydrogen) atoms. The fourth-order valence-corrected chi connectivity index (χ4v) is 4.78. The molecule has 5 heterocycles. The Kier molecular flexibility index (Phi) is 3.82. The van der Waals surface area contributed by atoms with E-state index in [-0.39, 0.29) is 23.9 Å². The number of likely N-dealkylation sites (tertiary alicyclic amines) is 1. The van der Waals surface area contributed by atoms with Gasteiger partial charge < -0.3 is 14.4 Å². The van der Waals surface area contributed by atoms with Gasteiger partial charge in [0, 0.05) is 25.5 Å². The lowest BCUT2D eigenvalue weighted by molar-refractivity contribution is 0.0547. The molecular formula is C20H18N4O2S. The quantitative estimate of drug-likeness (QED) is 0.704. The first-order chi connectivity index (χ1) is 13.2. The van der Waals surface area contributed by atoms with Gasteiger partial charge in [0.15, 0.2) is 0 Å². The van der Waals surface area contributed by atoms with E-state index in [1.807, 2.05) is 68.4 Å². The number of carbonyl (C=O) groups is 2. The van der Waals surface area contributed by atoms with Crippen LogP contribution in [0.3, 0.4) is 0 Å². The van der Waals surface area contributed by atoms with E-state index < -0.39 is 0 Å². The van der Waals surface area contributed by atoms with E-state index >= 15 is 0 Å². The van der Waals surface area contributed by atoms with Crippen LogP contribution < -0.4 is 0 Å². The van der Waals surface area contributed by atoms with Gasteiger partial charge in [0.1, 0.15) is 5.69 Å². The first kappa shape index (κ1) is 16.3. The van der Waals surface area contributed by atoms with Crippen molar-refractivity contribution in [1.82, 2.24) is 19.4 Å². The standard InChI is InChI=1S/C20H18N4O2S/c25-19-15-6-3-9-23(15)16-12-22(20(26)18-7-4-10-27-18)13-17(16)24(19)11-14-5-1-2-8-21-14/h1-10,16-17H,11-13H2/t16-,17-/m1/s1. The number of thiophene rings is 1. The van der Waals surface area contributed by atoms with Gasteiger partial charge in [0.05, 0.1) is 29.2 Å². The van der Waals surface area contributed by atoms with Crippen LogP contribution in [0.1, 0.15) is 31.9 Å². The first-order valence-corrected chi connectivity index (χ1v) is 9.81. The number of nitrogens with zero attached hydrogens (tertiary/aromatic N) is 4. The van der Waals surface area contributed by atoms with E-state index in [9.17, 15) is 9.59 Å². The zero-order valence-electron chi connectivity index (χ0n) is 14.6. The molecule has 2 aliphatic heterocycles. The highest BCUT2D eigenvalue weighted by Crippen LogP contribution is 2.35. The molecule has 6 nitrogen and oxygen atoms in total. The molecule has 0 unspecified atom stereocenters. The maximum absolute atomic E-state index is 13.1. The smallest absolute Gasteiger partial charge is 0.271 e. The lowest BCUT2D eigenvalue weighted by Gasteiger charge is -2.37. The molecule has 0 aromatic carbocycles. The van der Waals surface area contributed by atoms with Crippen LogP contribution in [0.2, 0.25) is 0 Å². The predicted octanol–water partition coefficient (Wildman–Crippen LogP) is 2.67. The minimum atomic E-state index is -0.0525. The van der Waals surface area contributed by atoms with Gasteiger partial charge in [-0.3, -0.25) is 14.6 Å². The third kappa shape index (κ3) is 2.66. The van der Waals surface area contributed by atoms with E-state index in [1.54, 1.807) is 6.20 Å². The van der Waals surface area contributed by atoms with Gasteiger partial charge >= 0.3 is 0 Å². The van der Waals surface area contributed by atoms with Crippen LogP contribution in [0, 0.1) is 0 Å². The SMILES string of the molecule is O=C(c1cccs1)N1C[C@@H]2[C@@H](C1)n1cccc1C(=O)N2Cc1ccccn1. The molecule has 2 atom stereocenters. The fraction of sp³-hybridized carbons (Fsp3) is 0.250. The van der Waals surface area contributed by atoms with Gasteiger partial charge in [-0.05, 0) is 35.7 Å². The Hall–Kier alpha value is -2.93. The number of hydrogen-bond donors (Lipinski definition) is 0. The van der Waals surface area contributed by atoms with Gasteiger partial charge in [0.25, 0.3) is 11.8 Å². The van der Waals surface area contributed by atoms with Crippen LogP contribution >= 0.6 is 11.3 Å². The summed E-state index contributed by atoms with van der Waals surface area (Å²) < 4.78 is 2.03. The molecular weight excluding hydrogens is 360 g/mol. The van der Waals surface area contributed by atoms with Crippen LogP contribution in [0.25, 0.3) is 0 Å². The van der Waals surface area contributed by atoms with Gasteiger partial charge in [-0.25, -0.2) is 0 Å². The summed E-state index contributed by atoms with van der Waals surface area (Å²) in [6.45, 7) is 1.60. The number of hydrogen-bond acceptors (Lipinski definition) is 4. The third-order valence-corrected chi connectivity index (χ3v) is 6.21. The van der Waals surface area contributed by atoms with Crippen molar-refractivity contribution in [3.63, 3.8) is 0 Å². The number of rotatable bonds is 3. The molecule has 0 bridgehead atoms. The Morgan fingerprint density at radius 3 is 2.78 bits per heavy atom. The van der Waals surface area contributed by atoms with E-state index in [2.05, 4.69) is 4.98 Å². The highest BCUT2D eigenvalue weighted by Gasteiger charge is 2.46. The van der Waals surface area contributed by atoms with E-state index in [4.69, 9.17) is 0 Å². The van der Waals surface area contributed by atoms with E-state index in [0.717, 1.165) is 10.6 Å². The topological polar surface area (TPSA) is 58.4 Å². The summed E-state index contributed by atoms with van der Waals surface area (Å²) in [4.78, 5) is 34.8. The van der Waals surface area contributed by atoms with Crippen LogP contribution in [0.4, 0.5) is 0 Å². The van der Waals surface area contributed by atoms with Crippen molar-refractivity contribution in [2.45, 2.75) is 18.6 Å². The Bertz CT molecular complexity index is 983. The molecule has 0 saturated carbocycles. The summed E-state index contributed by atoms with van der Waals surface area (Å²) in [5.41, 5.74) is 1.53. The van der Waals surface area contributed by atoms with E-state index in [1.165, 1.54) is 11.3 Å². The number of fused-ring (bicyclic) bond motifs is 3. The van der Waals surface area contributed by atoms with Gasteiger partial charge in [-0.2, -0.15) is 0 Å². The average molecular weight is 378 g/mol. The molecule has 0 aliphatic carbocycles. The molecule has 7 heteroatoms. The van der Waals surface area contributed by atoms with Crippen molar-refractivity contribution in [2.24, 2.45) is 0 Å². The Morgan fingerprint density at radius 1 is 1.11 bits per heavy atom. The molecule has 3 aromatic rings. The fourth-order valence-electron chi connectivity index (χ4n) is 4.09. The summed E-state index contributed by atoms with van der Waals surface area (Å²) in [6.07, 6.45) is 3.69. The first-order valence-electron chi connectivity index (χ1n) is 8.93. The summed E-state index contributed by atoms with van der Waals surface area (Å²) in [5.74, 6) is 0.0377. The number of aromatic nitrogens is 2. The lowest BCUT2D eigenvalue weighted by atomic mass is 10.1. The minimum absolute atomic E-state index is 0.00248. The van der Waals surface area contributed by atoms with Crippen molar-refractivity contribution in [3.8, 4) is 0 Å². The second-order valence-electron chi connectivity index (χ2n) is 6.88. The van der Waals surface area contributed by atoms with Crippen molar-refractivity contribution in [1.29, 1.82) is 0 Å². The minimum Gasteiger partial charge on any atom is -0.337 e. The monoisotopic (exact) mass is 378 g/mol. The largest absolute Gasteiger partial charge is 0.337 e. The molecule has 0 radical (unpaired) electrons. The molecule has 2 amide bonds. The van der Waals surface area contributed by atoms with Crippen LogP contribution in [0.5, 0.6) is 0 Å². The zero-order valence-corrected chi connectivity index (χ0v) is 15.4. The third-order valence-electron chi connectivity index (χ3n) is 5.35. The molecule has 3 aromatic heterocycles. The van der Waals surface area contributed by atoms with Crippen molar-refractivity contribution >= 4 is 23.2 Å². The normalized spacial score (nSPS) is 21.3.